The highest BCUT2D eigenvalue weighted by atomic mass is 35.7. The molecule has 0 aromatic heterocycles. The molecule has 0 fully saturated rings. The number of benzene rings is 1. The normalized spacial score (nSPS) is 11.2. The molecule has 0 saturated carbocycles. The van der Waals surface area contributed by atoms with Crippen molar-refractivity contribution in [2.75, 3.05) is 5.48 Å². The lowest BCUT2D eigenvalue weighted by Crippen LogP contribution is -1.92. The Morgan fingerprint density at radius 3 is 2.08 bits per heavy atom. The first-order chi connectivity index (χ1) is 5.54. The maximum absolute atomic E-state index is 10.7. The van der Waals surface area contributed by atoms with Gasteiger partial charge in [0.15, 0.2) is 0 Å². The van der Waals surface area contributed by atoms with Gasteiger partial charge in [0.2, 0.25) is 0 Å². The van der Waals surface area contributed by atoms with Gasteiger partial charge in [-0.3, -0.25) is 10.7 Å². The van der Waals surface area contributed by atoms with E-state index >= 15 is 0 Å². The summed E-state index contributed by atoms with van der Waals surface area (Å²) >= 11 is 0. The zero-order valence-electron chi connectivity index (χ0n) is 5.86. The molecule has 66 valence electrons. The van der Waals surface area contributed by atoms with Crippen LogP contribution in [-0.4, -0.2) is 13.6 Å². The molecule has 0 aliphatic rings. The molecule has 0 bridgehead atoms. The van der Waals surface area contributed by atoms with Crippen molar-refractivity contribution in [3.05, 3.63) is 24.3 Å². The zero-order valence-corrected chi connectivity index (χ0v) is 7.43. The summed E-state index contributed by atoms with van der Waals surface area (Å²) in [4.78, 5) is 0.00293. The first-order valence-corrected chi connectivity index (χ1v) is 5.30. The summed E-state index contributed by atoms with van der Waals surface area (Å²) < 4.78 is 21.4. The van der Waals surface area contributed by atoms with Crippen LogP contribution in [0.25, 0.3) is 0 Å². The molecule has 0 unspecified atom stereocenters. The van der Waals surface area contributed by atoms with E-state index in [2.05, 4.69) is 0 Å². The lowest BCUT2D eigenvalue weighted by atomic mass is 10.3. The fraction of sp³-hybridized carbons (Fsp3) is 0. The van der Waals surface area contributed by atoms with Gasteiger partial charge in [-0.05, 0) is 24.3 Å². The van der Waals surface area contributed by atoms with Gasteiger partial charge >= 0.3 is 0 Å². The van der Waals surface area contributed by atoms with E-state index < -0.39 is 9.05 Å². The van der Waals surface area contributed by atoms with E-state index in [1.807, 2.05) is 5.48 Å². The summed E-state index contributed by atoms with van der Waals surface area (Å²) in [6, 6.07) is 5.38. The quantitative estimate of drug-likeness (QED) is 0.569. The van der Waals surface area contributed by atoms with E-state index in [-0.39, 0.29) is 4.90 Å². The first kappa shape index (κ1) is 9.31. The highest BCUT2D eigenvalue weighted by molar-refractivity contribution is 8.13. The predicted octanol–water partition coefficient (Wildman–Crippen LogP) is 1.42. The van der Waals surface area contributed by atoms with E-state index in [9.17, 15) is 8.42 Å². The molecule has 0 radical (unpaired) electrons. The van der Waals surface area contributed by atoms with Gasteiger partial charge in [0, 0.05) is 10.7 Å². The van der Waals surface area contributed by atoms with E-state index in [0.717, 1.165) is 0 Å². The molecule has 0 spiro atoms. The highest BCUT2D eigenvalue weighted by Gasteiger charge is 2.08. The smallest absolute Gasteiger partial charge is 0.261 e. The van der Waals surface area contributed by atoms with Crippen LogP contribution in [0.1, 0.15) is 0 Å². The van der Waals surface area contributed by atoms with Crippen molar-refractivity contribution in [2.24, 2.45) is 0 Å². The monoisotopic (exact) mass is 207 g/mol. The lowest BCUT2D eigenvalue weighted by Gasteiger charge is -1.98. The Morgan fingerprint density at radius 1 is 1.25 bits per heavy atom. The first-order valence-electron chi connectivity index (χ1n) is 2.99. The van der Waals surface area contributed by atoms with Crippen LogP contribution < -0.4 is 5.48 Å². The minimum absolute atomic E-state index is 0.00293. The van der Waals surface area contributed by atoms with E-state index in [1.54, 1.807) is 0 Å². The average molecular weight is 208 g/mol. The molecule has 0 saturated heterocycles. The molecular formula is C6H6ClNO3S. The van der Waals surface area contributed by atoms with Crippen LogP contribution in [0.2, 0.25) is 0 Å². The van der Waals surface area contributed by atoms with Gasteiger partial charge in [-0.2, -0.15) is 0 Å². The molecule has 0 atom stereocenters. The lowest BCUT2D eigenvalue weighted by molar-refractivity contribution is 0.389. The summed E-state index contributed by atoms with van der Waals surface area (Å²) in [5.41, 5.74) is 2.27. The van der Waals surface area contributed by atoms with Crippen LogP contribution in [0.3, 0.4) is 0 Å². The van der Waals surface area contributed by atoms with Crippen LogP contribution in [0.4, 0.5) is 5.69 Å². The number of halogens is 1. The van der Waals surface area contributed by atoms with E-state index in [1.165, 1.54) is 24.3 Å². The van der Waals surface area contributed by atoms with Gasteiger partial charge in [0.05, 0.1) is 10.6 Å². The number of hydrogen-bond donors (Lipinski definition) is 2. The number of nitrogens with one attached hydrogen (secondary N) is 1. The van der Waals surface area contributed by atoms with Crippen molar-refractivity contribution in [2.45, 2.75) is 4.90 Å². The van der Waals surface area contributed by atoms with Crippen molar-refractivity contribution in [1.29, 1.82) is 0 Å². The fourth-order valence-electron chi connectivity index (χ4n) is 0.692. The van der Waals surface area contributed by atoms with Gasteiger partial charge in [-0.25, -0.2) is 8.42 Å². The predicted molar refractivity (Wildman–Crippen MR) is 44.9 cm³/mol. The molecule has 1 aromatic carbocycles. The van der Waals surface area contributed by atoms with Crippen LogP contribution in [0.15, 0.2) is 29.2 Å². The van der Waals surface area contributed by atoms with Crippen molar-refractivity contribution >= 4 is 25.4 Å². The van der Waals surface area contributed by atoms with Crippen molar-refractivity contribution in [1.82, 2.24) is 0 Å². The van der Waals surface area contributed by atoms with Crippen molar-refractivity contribution in [3.63, 3.8) is 0 Å². The Kier molecular flexibility index (Phi) is 2.56. The molecule has 6 heteroatoms. The molecule has 1 rings (SSSR count). The SMILES string of the molecule is O=S(=O)(Cl)c1ccc(NO)cc1. The maximum atomic E-state index is 10.7. The van der Waals surface area contributed by atoms with Crippen LogP contribution in [0, 0.1) is 0 Å². The second-order valence-corrected chi connectivity index (χ2v) is 4.64. The Labute approximate surface area is 74.2 Å². The molecular weight excluding hydrogens is 202 g/mol. The van der Waals surface area contributed by atoms with E-state index in [0.29, 0.717) is 5.69 Å². The zero-order chi connectivity index (χ0) is 9.19. The molecule has 1 aromatic rings. The minimum atomic E-state index is -3.66. The van der Waals surface area contributed by atoms with Crippen LogP contribution >= 0.6 is 10.7 Å². The van der Waals surface area contributed by atoms with Crippen molar-refractivity contribution < 1.29 is 13.6 Å². The highest BCUT2D eigenvalue weighted by Crippen LogP contribution is 2.16. The average Bonchev–Trinajstić information content (AvgIpc) is 2.03. The van der Waals surface area contributed by atoms with Crippen LogP contribution in [0.5, 0.6) is 0 Å². The molecule has 0 aliphatic heterocycles. The Morgan fingerprint density at radius 2 is 1.75 bits per heavy atom. The molecule has 4 nitrogen and oxygen atoms in total. The van der Waals surface area contributed by atoms with Gasteiger partial charge in [0.1, 0.15) is 0 Å². The topological polar surface area (TPSA) is 66.4 Å². The number of anilines is 1. The molecule has 2 N–H and O–H groups in total. The third kappa shape index (κ3) is 2.10. The number of rotatable bonds is 2. The summed E-state index contributed by atoms with van der Waals surface area (Å²) in [6.07, 6.45) is 0. The second kappa shape index (κ2) is 3.30. The molecule has 12 heavy (non-hydrogen) atoms. The molecule has 0 amide bonds. The maximum Gasteiger partial charge on any atom is 0.261 e. The molecule has 0 heterocycles. The van der Waals surface area contributed by atoms with E-state index in [4.69, 9.17) is 15.9 Å². The number of hydrogen-bond acceptors (Lipinski definition) is 4. The third-order valence-corrected chi connectivity index (χ3v) is 2.63. The van der Waals surface area contributed by atoms with Crippen LogP contribution in [-0.2, 0) is 9.05 Å². The van der Waals surface area contributed by atoms with Gasteiger partial charge in [-0.15, -0.1) is 0 Å². The van der Waals surface area contributed by atoms with Gasteiger partial charge in [-0.1, -0.05) is 0 Å². The molecule has 0 aliphatic carbocycles. The van der Waals surface area contributed by atoms with Gasteiger partial charge < -0.3 is 0 Å². The Bertz CT molecular complexity index is 359. The summed E-state index contributed by atoms with van der Waals surface area (Å²) in [5.74, 6) is 0. The third-order valence-electron chi connectivity index (χ3n) is 1.26. The Hall–Kier alpha value is -0.780. The fourth-order valence-corrected chi connectivity index (χ4v) is 1.46. The largest absolute Gasteiger partial charge is 0.291 e. The summed E-state index contributed by atoms with van der Waals surface area (Å²) in [6.45, 7) is 0. The Balaban J connectivity index is 3.09. The van der Waals surface area contributed by atoms with Crippen molar-refractivity contribution in [3.8, 4) is 0 Å². The minimum Gasteiger partial charge on any atom is -0.291 e. The summed E-state index contributed by atoms with van der Waals surface area (Å²) in [7, 11) is 1.38. The second-order valence-electron chi connectivity index (χ2n) is 2.07. The standard InChI is InChI=1S/C6H6ClNO3S/c7-12(10,11)6-3-1-5(8-9)2-4-6/h1-4,8-9H. The summed E-state index contributed by atoms with van der Waals surface area (Å²) in [5, 5.41) is 8.40. The van der Waals surface area contributed by atoms with Gasteiger partial charge in [0.25, 0.3) is 9.05 Å².